The monoisotopic (exact) mass is 311 g/mol. The second-order valence-electron chi connectivity index (χ2n) is 4.43. The summed E-state index contributed by atoms with van der Waals surface area (Å²) >= 11 is 0. The maximum absolute atomic E-state index is 11.8. The van der Waals surface area contributed by atoms with Crippen LogP contribution in [0, 0.1) is 6.92 Å². The van der Waals surface area contributed by atoms with E-state index in [1.165, 1.54) is 7.11 Å². The molecule has 0 aliphatic heterocycles. The largest absolute Gasteiger partial charge is 0.444 e. The number of hydrogen-bond acceptors (Lipinski definition) is 5. The van der Waals surface area contributed by atoms with Crippen LogP contribution in [-0.4, -0.2) is 30.6 Å². The first-order valence-electron chi connectivity index (χ1n) is 6.18. The smallest absolute Gasteiger partial charge is 0.243 e. The fraction of sp³-hybridized carbons (Fsp3) is 0.286. The molecule has 0 bridgehead atoms. The van der Waals surface area contributed by atoms with Crippen molar-refractivity contribution in [3.8, 4) is 11.5 Å². The van der Waals surface area contributed by atoms with Crippen LogP contribution in [0.15, 0.2) is 34.9 Å². The second kappa shape index (κ2) is 7.78. The molecule has 7 heteroatoms. The summed E-state index contributed by atoms with van der Waals surface area (Å²) in [4.78, 5) is 16.0. The number of nitrogens with two attached hydrogens (primary N) is 1. The van der Waals surface area contributed by atoms with E-state index < -0.39 is 6.04 Å². The Hall–Kier alpha value is -1.89. The van der Waals surface area contributed by atoms with Gasteiger partial charge in [-0.3, -0.25) is 4.79 Å². The molecule has 1 atom stereocenters. The number of methoxy groups -OCH3 is 1. The highest BCUT2D eigenvalue weighted by molar-refractivity contribution is 5.95. The van der Waals surface area contributed by atoms with Gasteiger partial charge < -0.3 is 20.2 Å². The number of aromatic nitrogens is 1. The fourth-order valence-corrected chi connectivity index (χ4v) is 1.71. The van der Waals surface area contributed by atoms with Crippen molar-refractivity contribution in [1.82, 2.24) is 4.98 Å². The predicted molar refractivity (Wildman–Crippen MR) is 82.4 cm³/mol. The van der Waals surface area contributed by atoms with E-state index in [4.69, 9.17) is 14.9 Å². The summed E-state index contributed by atoms with van der Waals surface area (Å²) in [6.07, 6.45) is 1.58. The Morgan fingerprint density at radius 3 is 2.90 bits per heavy atom. The molecule has 2 rings (SSSR count). The average molecular weight is 312 g/mol. The first-order chi connectivity index (χ1) is 9.60. The zero-order valence-electron chi connectivity index (χ0n) is 11.8. The summed E-state index contributed by atoms with van der Waals surface area (Å²) in [5.41, 5.74) is 7.88. The van der Waals surface area contributed by atoms with E-state index in [9.17, 15) is 4.79 Å². The van der Waals surface area contributed by atoms with Crippen LogP contribution in [0.4, 0.5) is 5.69 Å². The Morgan fingerprint density at radius 1 is 1.52 bits per heavy atom. The zero-order valence-corrected chi connectivity index (χ0v) is 12.6. The summed E-state index contributed by atoms with van der Waals surface area (Å²) in [5, 5.41) is 2.73. The highest BCUT2D eigenvalue weighted by Crippen LogP contribution is 2.21. The standard InChI is InChI=1S/C14H17N3O3.ClH/c1-9-7-20-14(16-9)10-4-3-5-11(6-10)17-13(18)12(15)8-19-2;/h3-7,12H,8,15H2,1-2H3,(H,17,18);1H. The number of oxazole rings is 1. The molecule has 0 fully saturated rings. The molecule has 3 N–H and O–H groups in total. The molecule has 0 spiro atoms. The van der Waals surface area contributed by atoms with Crippen molar-refractivity contribution in [1.29, 1.82) is 0 Å². The van der Waals surface area contributed by atoms with Gasteiger partial charge in [-0.1, -0.05) is 6.07 Å². The molecule has 1 aromatic carbocycles. The normalized spacial score (nSPS) is 11.6. The number of halogens is 1. The number of carbonyl (C=O) groups is 1. The van der Waals surface area contributed by atoms with Gasteiger partial charge in [0.1, 0.15) is 12.3 Å². The molecule has 0 saturated heterocycles. The minimum absolute atomic E-state index is 0. The van der Waals surface area contributed by atoms with Crippen LogP contribution >= 0.6 is 12.4 Å². The lowest BCUT2D eigenvalue weighted by molar-refractivity contribution is -0.118. The second-order valence-corrected chi connectivity index (χ2v) is 4.43. The number of hydrogen-bond donors (Lipinski definition) is 2. The summed E-state index contributed by atoms with van der Waals surface area (Å²) in [5.74, 6) is 0.215. The summed E-state index contributed by atoms with van der Waals surface area (Å²) in [6.45, 7) is 2.02. The molecule has 6 nitrogen and oxygen atoms in total. The van der Waals surface area contributed by atoms with Gasteiger partial charge in [0.2, 0.25) is 11.8 Å². The topological polar surface area (TPSA) is 90.4 Å². The molecule has 1 unspecified atom stereocenters. The number of benzene rings is 1. The van der Waals surface area contributed by atoms with Crippen molar-refractivity contribution >= 4 is 24.0 Å². The third kappa shape index (κ3) is 4.56. The molecule has 1 amide bonds. The minimum atomic E-state index is -0.701. The van der Waals surface area contributed by atoms with Gasteiger partial charge in [0.15, 0.2) is 0 Å². The third-order valence-electron chi connectivity index (χ3n) is 2.68. The number of carbonyl (C=O) groups excluding carboxylic acids is 1. The van der Waals surface area contributed by atoms with Gasteiger partial charge in [-0.25, -0.2) is 4.98 Å². The highest BCUT2D eigenvalue weighted by atomic mass is 35.5. The molecule has 1 heterocycles. The number of nitrogens with zero attached hydrogens (tertiary/aromatic N) is 1. The van der Waals surface area contributed by atoms with Crippen molar-refractivity contribution in [2.24, 2.45) is 5.73 Å². The van der Waals surface area contributed by atoms with E-state index in [1.807, 2.05) is 19.1 Å². The van der Waals surface area contributed by atoms with Crippen LogP contribution in [-0.2, 0) is 9.53 Å². The molecule has 2 aromatic rings. The lowest BCUT2D eigenvalue weighted by Gasteiger charge is -2.11. The molecular formula is C14H18ClN3O3. The van der Waals surface area contributed by atoms with E-state index in [0.717, 1.165) is 11.3 Å². The van der Waals surface area contributed by atoms with Gasteiger partial charge in [0.25, 0.3) is 0 Å². The maximum atomic E-state index is 11.8. The van der Waals surface area contributed by atoms with Crippen molar-refractivity contribution < 1.29 is 13.9 Å². The Morgan fingerprint density at radius 2 is 2.29 bits per heavy atom. The molecular weight excluding hydrogens is 294 g/mol. The van der Waals surface area contributed by atoms with Crippen molar-refractivity contribution in [3.05, 3.63) is 36.2 Å². The first-order valence-corrected chi connectivity index (χ1v) is 6.18. The number of anilines is 1. The van der Waals surface area contributed by atoms with Gasteiger partial charge in [-0.2, -0.15) is 0 Å². The summed E-state index contributed by atoms with van der Waals surface area (Å²) in [6, 6.07) is 6.52. The summed E-state index contributed by atoms with van der Waals surface area (Å²) < 4.78 is 10.2. The van der Waals surface area contributed by atoms with E-state index in [0.29, 0.717) is 11.6 Å². The quantitative estimate of drug-likeness (QED) is 0.881. The number of nitrogens with one attached hydrogen (secondary N) is 1. The van der Waals surface area contributed by atoms with E-state index in [2.05, 4.69) is 10.3 Å². The van der Waals surface area contributed by atoms with Crippen molar-refractivity contribution in [2.75, 3.05) is 19.0 Å². The molecule has 21 heavy (non-hydrogen) atoms. The molecule has 0 saturated carbocycles. The van der Waals surface area contributed by atoms with E-state index in [-0.39, 0.29) is 24.9 Å². The third-order valence-corrected chi connectivity index (χ3v) is 2.68. The number of ether oxygens (including phenoxy) is 1. The van der Waals surface area contributed by atoms with Crippen LogP contribution in [0.3, 0.4) is 0 Å². The highest BCUT2D eigenvalue weighted by Gasteiger charge is 2.13. The van der Waals surface area contributed by atoms with E-state index in [1.54, 1.807) is 18.4 Å². The predicted octanol–water partition coefficient (Wildman–Crippen LogP) is 1.98. The Balaban J connectivity index is 0.00000220. The summed E-state index contributed by atoms with van der Waals surface area (Å²) in [7, 11) is 1.50. The van der Waals surface area contributed by atoms with Crippen LogP contribution in [0.25, 0.3) is 11.5 Å². The van der Waals surface area contributed by atoms with E-state index >= 15 is 0 Å². The SMILES string of the molecule is COCC(N)C(=O)Nc1cccc(-c2nc(C)co2)c1.Cl. The van der Waals surface area contributed by atoms with Gasteiger partial charge in [-0.05, 0) is 25.1 Å². The molecule has 0 aliphatic carbocycles. The molecule has 1 aromatic heterocycles. The van der Waals surface area contributed by atoms with Gasteiger partial charge in [0.05, 0.1) is 12.3 Å². The molecule has 0 aliphatic rings. The first kappa shape index (κ1) is 17.2. The number of rotatable bonds is 5. The average Bonchev–Trinajstić information content (AvgIpc) is 2.86. The van der Waals surface area contributed by atoms with Gasteiger partial charge >= 0.3 is 0 Å². The lowest BCUT2D eigenvalue weighted by Crippen LogP contribution is -2.39. The number of amides is 1. The lowest BCUT2D eigenvalue weighted by atomic mass is 10.2. The zero-order chi connectivity index (χ0) is 14.5. The van der Waals surface area contributed by atoms with Crippen LogP contribution in [0.2, 0.25) is 0 Å². The van der Waals surface area contributed by atoms with Crippen molar-refractivity contribution in [2.45, 2.75) is 13.0 Å². The van der Waals surface area contributed by atoms with Crippen LogP contribution in [0.5, 0.6) is 0 Å². The van der Waals surface area contributed by atoms with Crippen molar-refractivity contribution in [3.63, 3.8) is 0 Å². The fourth-order valence-electron chi connectivity index (χ4n) is 1.71. The Kier molecular flexibility index (Phi) is 6.36. The van der Waals surface area contributed by atoms with Crippen LogP contribution in [0.1, 0.15) is 5.69 Å². The Bertz CT molecular complexity index is 601. The molecule has 0 radical (unpaired) electrons. The maximum Gasteiger partial charge on any atom is 0.243 e. The van der Waals surface area contributed by atoms with Crippen LogP contribution < -0.4 is 11.1 Å². The molecule has 114 valence electrons. The number of aryl methyl sites for hydroxylation is 1. The minimum Gasteiger partial charge on any atom is -0.444 e. The van der Waals surface area contributed by atoms with Gasteiger partial charge in [-0.15, -0.1) is 12.4 Å². The Labute approximate surface area is 129 Å². The van der Waals surface area contributed by atoms with Gasteiger partial charge in [0, 0.05) is 18.4 Å².